The number of nitrogens with two attached hydrogens (primary N) is 1. The molecule has 9 atom stereocenters. The van der Waals surface area contributed by atoms with E-state index in [1.54, 1.807) is 0 Å². The minimum Gasteiger partial charge on any atom is -0.462 e. The monoisotopic (exact) mass is 846 g/mol. The fourth-order valence-corrected chi connectivity index (χ4v) is 8.24. The van der Waals surface area contributed by atoms with Gasteiger partial charge in [-0.2, -0.15) is 0 Å². The van der Waals surface area contributed by atoms with Crippen LogP contribution in [0.25, 0.3) is 0 Å². The molecule has 0 saturated carbocycles. The van der Waals surface area contributed by atoms with Gasteiger partial charge in [0.25, 0.3) is 0 Å². The summed E-state index contributed by atoms with van der Waals surface area (Å²) in [5.74, 6) is 3.30. The van der Waals surface area contributed by atoms with Crippen molar-refractivity contribution in [3.8, 4) is 0 Å². The molecule has 11 heteroatoms. The number of phosphoric ester groups is 1. The molecule has 7 unspecified atom stereocenters. The smallest absolute Gasteiger partial charge is 0.462 e. The van der Waals surface area contributed by atoms with E-state index >= 15 is 0 Å². The van der Waals surface area contributed by atoms with Crippen LogP contribution in [0.2, 0.25) is 0 Å². The first-order valence-electron chi connectivity index (χ1n) is 23.4. The minimum absolute atomic E-state index is 0.0804. The van der Waals surface area contributed by atoms with Crippen LogP contribution in [0.5, 0.6) is 0 Å². The largest absolute Gasteiger partial charge is 0.472 e. The Labute approximate surface area is 356 Å². The summed E-state index contributed by atoms with van der Waals surface area (Å²) in [7, 11) is -4.63. The molecule has 0 aliphatic rings. The van der Waals surface area contributed by atoms with Gasteiger partial charge in [-0.25, -0.2) is 4.57 Å². The molecule has 0 aliphatic carbocycles. The van der Waals surface area contributed by atoms with E-state index in [0.717, 1.165) is 62.2 Å². The third-order valence-corrected chi connectivity index (χ3v) is 12.6. The lowest BCUT2D eigenvalue weighted by atomic mass is 9.91. The lowest BCUT2D eigenvalue weighted by Crippen LogP contribution is -2.33. The van der Waals surface area contributed by atoms with E-state index in [-0.39, 0.29) is 31.3 Å². The molecule has 0 radical (unpaired) electrons. The van der Waals surface area contributed by atoms with E-state index in [9.17, 15) is 23.8 Å². The Morgan fingerprint density at radius 2 is 0.828 bits per heavy atom. The Balaban J connectivity index is 4.84. The second kappa shape index (κ2) is 33.3. The van der Waals surface area contributed by atoms with Crippen LogP contribution in [0.4, 0.5) is 0 Å². The van der Waals surface area contributed by atoms with Crippen LogP contribution < -0.4 is 5.73 Å². The van der Waals surface area contributed by atoms with Crippen LogP contribution in [-0.2, 0) is 37.5 Å². The summed E-state index contributed by atoms with van der Waals surface area (Å²) in [6.07, 6.45) is 20.8. The molecule has 0 aromatic rings. The summed E-state index contributed by atoms with van der Waals surface area (Å²) < 4.78 is 33.6. The fourth-order valence-electron chi connectivity index (χ4n) is 7.46. The van der Waals surface area contributed by atoms with Gasteiger partial charge in [0.2, 0.25) is 0 Å². The number of Topliss-reactive ketones (excluding diaryl/α,β-unsaturated/α-hetero) is 1. The fraction of sp³-hybridized carbons (Fsp3) is 0.936. The van der Waals surface area contributed by atoms with Crippen LogP contribution in [0.1, 0.15) is 205 Å². The maximum Gasteiger partial charge on any atom is 0.472 e. The molecule has 0 aromatic carbocycles. The molecule has 344 valence electrons. The predicted molar refractivity (Wildman–Crippen MR) is 238 cm³/mol. The molecule has 3 N–H and O–H groups in total. The number of ketones is 1. The Morgan fingerprint density at radius 3 is 1.19 bits per heavy atom. The Kier molecular flexibility index (Phi) is 32.6. The summed E-state index contributed by atoms with van der Waals surface area (Å²) in [6.45, 7) is 22.5. The summed E-state index contributed by atoms with van der Waals surface area (Å²) in [6, 6.07) is -1.08. The van der Waals surface area contributed by atoms with Gasteiger partial charge in [0.1, 0.15) is 12.4 Å². The van der Waals surface area contributed by atoms with Crippen molar-refractivity contribution in [2.24, 2.45) is 53.1 Å². The van der Waals surface area contributed by atoms with Crippen molar-refractivity contribution in [3.05, 3.63) is 0 Å². The van der Waals surface area contributed by atoms with Gasteiger partial charge in [-0.15, -0.1) is 0 Å². The number of esters is 2. The second-order valence-corrected chi connectivity index (χ2v) is 20.9. The van der Waals surface area contributed by atoms with Crippen LogP contribution >= 0.6 is 7.82 Å². The lowest BCUT2D eigenvalue weighted by Gasteiger charge is -2.21. The number of carbonyl (C=O) groups excluding carboxylic acids is 3. The van der Waals surface area contributed by atoms with Crippen molar-refractivity contribution in [1.29, 1.82) is 0 Å². The van der Waals surface area contributed by atoms with Gasteiger partial charge in [0.05, 0.1) is 19.3 Å². The maximum absolute atomic E-state index is 13.0. The maximum atomic E-state index is 13.0. The number of ether oxygens (including phenoxy) is 2. The van der Waals surface area contributed by atoms with Crippen molar-refractivity contribution in [3.63, 3.8) is 0 Å². The molecule has 0 fully saturated rings. The van der Waals surface area contributed by atoms with Gasteiger partial charge in [0.15, 0.2) is 6.10 Å². The predicted octanol–water partition coefficient (Wildman–Crippen LogP) is 12.4. The molecule has 0 bridgehead atoms. The van der Waals surface area contributed by atoms with Crippen molar-refractivity contribution < 1.29 is 42.4 Å². The van der Waals surface area contributed by atoms with Crippen molar-refractivity contribution in [2.75, 3.05) is 19.8 Å². The van der Waals surface area contributed by atoms with Crippen LogP contribution in [0.15, 0.2) is 0 Å². The summed E-state index contributed by atoms with van der Waals surface area (Å²) in [4.78, 5) is 47.5. The van der Waals surface area contributed by atoms with E-state index in [0.29, 0.717) is 11.8 Å². The summed E-state index contributed by atoms with van der Waals surface area (Å²) in [5, 5.41) is 0. The summed E-state index contributed by atoms with van der Waals surface area (Å²) in [5.41, 5.74) is 5.62. The third kappa shape index (κ3) is 34.4. The van der Waals surface area contributed by atoms with Gasteiger partial charge in [-0.3, -0.25) is 23.4 Å². The normalized spacial score (nSPS) is 17.2. The molecule has 0 saturated heterocycles. The standard InChI is InChI=1S/C47H92NO9P/c1-35(2)18-12-20-37(5)22-14-24-39(7)26-16-28-41(9)30-46(50)54-32-44(33-55-58(52,53)56-34-45(48)43(11)49)57-47(51)31-42(10)29-17-27-40(8)25-15-23-38(6)21-13-19-36(3)4/h35-42,44-45H,12-34,48H2,1-11H3,(H,52,53)/t37?,38?,39?,40?,41?,42?,44-,45+/m1/s1. The van der Waals surface area contributed by atoms with Gasteiger partial charge in [-0.05, 0) is 54.3 Å². The van der Waals surface area contributed by atoms with Gasteiger partial charge in [0, 0.05) is 12.8 Å². The first-order valence-corrected chi connectivity index (χ1v) is 24.9. The topological polar surface area (TPSA) is 151 Å². The molecule has 0 heterocycles. The van der Waals surface area contributed by atoms with Crippen LogP contribution in [0.3, 0.4) is 0 Å². The molecule has 0 spiro atoms. The Bertz CT molecular complexity index is 1120. The van der Waals surface area contributed by atoms with Crippen molar-refractivity contribution in [1.82, 2.24) is 0 Å². The molecule has 10 nitrogen and oxygen atoms in total. The quantitative estimate of drug-likeness (QED) is 0.0454. The van der Waals surface area contributed by atoms with Crippen molar-refractivity contribution >= 4 is 25.5 Å². The molecular weight excluding hydrogens is 753 g/mol. The zero-order chi connectivity index (χ0) is 44.1. The molecule has 58 heavy (non-hydrogen) atoms. The lowest BCUT2D eigenvalue weighted by molar-refractivity contribution is -0.162. The molecule has 0 aliphatic heterocycles. The highest BCUT2D eigenvalue weighted by molar-refractivity contribution is 7.47. The average molecular weight is 846 g/mol. The molecular formula is C47H92NO9P. The van der Waals surface area contributed by atoms with E-state index in [1.807, 2.05) is 13.8 Å². The SMILES string of the molecule is CC(=O)[C@@H](N)COP(=O)(O)OC[C@@H](COC(=O)CC(C)CCCC(C)CCCC(C)CCCC(C)C)OC(=O)CC(C)CCCC(C)CCCC(C)CCCC(C)C. The highest BCUT2D eigenvalue weighted by atomic mass is 31.2. The minimum atomic E-state index is -4.63. The number of hydrogen-bond donors (Lipinski definition) is 2. The van der Waals surface area contributed by atoms with Gasteiger partial charge >= 0.3 is 19.8 Å². The number of carbonyl (C=O) groups is 3. The van der Waals surface area contributed by atoms with Gasteiger partial charge in [-0.1, -0.05) is 185 Å². The molecule has 0 aromatic heterocycles. The van der Waals surface area contributed by atoms with E-state index in [2.05, 4.69) is 55.4 Å². The highest BCUT2D eigenvalue weighted by Gasteiger charge is 2.28. The number of hydrogen-bond acceptors (Lipinski definition) is 9. The zero-order valence-corrected chi connectivity index (χ0v) is 40.2. The average Bonchev–Trinajstić information content (AvgIpc) is 3.11. The van der Waals surface area contributed by atoms with Crippen LogP contribution in [0, 0.1) is 47.3 Å². The summed E-state index contributed by atoms with van der Waals surface area (Å²) >= 11 is 0. The number of phosphoric acid groups is 1. The molecule has 0 rings (SSSR count). The van der Waals surface area contributed by atoms with Crippen LogP contribution in [-0.4, -0.2) is 54.6 Å². The molecule has 0 amide bonds. The third-order valence-electron chi connectivity index (χ3n) is 11.7. The first kappa shape index (κ1) is 56.7. The highest BCUT2D eigenvalue weighted by Crippen LogP contribution is 2.43. The van der Waals surface area contributed by atoms with E-state index in [1.165, 1.54) is 84.0 Å². The Hall–Kier alpha value is -1.32. The Morgan fingerprint density at radius 1 is 0.500 bits per heavy atom. The number of rotatable bonds is 38. The van der Waals surface area contributed by atoms with E-state index in [4.69, 9.17) is 24.3 Å². The van der Waals surface area contributed by atoms with E-state index < -0.39 is 50.9 Å². The first-order chi connectivity index (χ1) is 27.2. The van der Waals surface area contributed by atoms with Gasteiger partial charge < -0.3 is 20.1 Å². The second-order valence-electron chi connectivity index (χ2n) is 19.5. The zero-order valence-electron chi connectivity index (χ0n) is 39.3. The van der Waals surface area contributed by atoms with Crippen molar-refractivity contribution in [2.45, 2.75) is 217 Å².